The lowest BCUT2D eigenvalue weighted by Crippen LogP contribution is -2.62. The van der Waals surface area contributed by atoms with Crippen molar-refractivity contribution in [3.8, 4) is 5.75 Å². The molecule has 8 amide bonds. The quantitative estimate of drug-likeness (QED) is 0.0691. The minimum atomic E-state index is -1.50. The molecule has 12 atom stereocenters. The number of carboxylic acid groups (broad SMARTS) is 2. The van der Waals surface area contributed by atoms with Crippen LogP contribution in [-0.2, 0) is 89.8 Å². The van der Waals surface area contributed by atoms with E-state index in [2.05, 4.69) is 52.8 Å². The van der Waals surface area contributed by atoms with Gasteiger partial charge in [-0.2, -0.15) is 0 Å². The number of ether oxygens (including phenoxy) is 3. The molecular formula is C77H99N13O15. The van der Waals surface area contributed by atoms with Gasteiger partial charge in [0.2, 0.25) is 47.3 Å². The Morgan fingerprint density at radius 1 is 0.562 bits per heavy atom. The van der Waals surface area contributed by atoms with Crippen LogP contribution in [-0.4, -0.2) is 207 Å². The van der Waals surface area contributed by atoms with E-state index in [1.807, 2.05) is 78.9 Å². The summed E-state index contributed by atoms with van der Waals surface area (Å²) in [5, 5.41) is 56.2. The molecule has 6 aromatic rings. The lowest BCUT2D eigenvalue weighted by atomic mass is 9.85. The fourth-order valence-electron chi connectivity index (χ4n) is 13.1. The second-order valence-electron chi connectivity index (χ2n) is 29.3. The number of likely N-dealkylation sites (tertiary alicyclic amines) is 2. The molecule has 0 radical (unpaired) electrons. The highest BCUT2D eigenvalue weighted by Gasteiger charge is 2.50. The molecule has 5 heterocycles. The van der Waals surface area contributed by atoms with Gasteiger partial charge in [-0.1, -0.05) is 150 Å². The van der Waals surface area contributed by atoms with Gasteiger partial charge in [-0.15, -0.1) is 5.10 Å². The number of aliphatic carboxylic acids is 2. The second-order valence-corrected chi connectivity index (χ2v) is 29.3. The maximum atomic E-state index is 15.4. The van der Waals surface area contributed by atoms with Crippen molar-refractivity contribution in [1.29, 1.82) is 0 Å². The molecule has 4 aliphatic rings. The van der Waals surface area contributed by atoms with Gasteiger partial charge >= 0.3 is 11.9 Å². The van der Waals surface area contributed by atoms with Crippen molar-refractivity contribution in [3.63, 3.8) is 0 Å². The highest BCUT2D eigenvalue weighted by atomic mass is 16.5. The summed E-state index contributed by atoms with van der Waals surface area (Å²) in [7, 11) is 3.22. The number of aromatic nitrogens is 3. The third-order valence-electron chi connectivity index (χ3n) is 19.4. The number of rotatable bonds is 14. The van der Waals surface area contributed by atoms with Gasteiger partial charge in [-0.25, -0.2) is 9.59 Å². The molecule has 0 aliphatic carbocycles. The smallest absolute Gasteiger partial charge is 0.326 e. The van der Waals surface area contributed by atoms with Crippen molar-refractivity contribution < 1.29 is 72.4 Å². The highest BCUT2D eigenvalue weighted by molar-refractivity contribution is 5.99. The Labute approximate surface area is 610 Å². The lowest BCUT2D eigenvalue weighted by molar-refractivity contribution is -0.147. The van der Waals surface area contributed by atoms with Gasteiger partial charge in [0, 0.05) is 38.9 Å². The predicted octanol–water partition coefficient (Wildman–Crippen LogP) is 3.90. The van der Waals surface area contributed by atoms with Gasteiger partial charge in [-0.3, -0.25) is 43.0 Å². The fourth-order valence-corrected chi connectivity index (χ4v) is 13.1. The molecule has 5 aromatic carbocycles. The van der Waals surface area contributed by atoms with E-state index >= 15 is 14.4 Å². The zero-order chi connectivity index (χ0) is 75.9. The van der Waals surface area contributed by atoms with Crippen LogP contribution in [0.5, 0.6) is 5.75 Å². The molecule has 0 saturated carbocycles. The number of amides is 8. The van der Waals surface area contributed by atoms with E-state index in [4.69, 9.17) is 14.2 Å². The van der Waals surface area contributed by atoms with E-state index in [0.717, 1.165) is 21.5 Å². The van der Waals surface area contributed by atoms with Crippen molar-refractivity contribution >= 4 is 80.7 Å². The summed E-state index contributed by atoms with van der Waals surface area (Å²) in [5.41, 5.74) is 0.318. The maximum Gasteiger partial charge on any atom is 0.326 e. The van der Waals surface area contributed by atoms with Crippen LogP contribution in [0.4, 0.5) is 0 Å². The van der Waals surface area contributed by atoms with Gasteiger partial charge < -0.3 is 76.8 Å². The number of likely N-dealkylation sites (N-methyl/N-ethyl adjacent to an activating group) is 2. The summed E-state index contributed by atoms with van der Waals surface area (Å²) < 4.78 is 20.4. The van der Waals surface area contributed by atoms with Crippen molar-refractivity contribution in [2.75, 3.05) is 40.4 Å². The number of hydrogen-bond acceptors (Lipinski definition) is 17. The monoisotopic (exact) mass is 1450 g/mol. The van der Waals surface area contributed by atoms with Crippen LogP contribution in [0, 0.1) is 10.8 Å². The molecular weight excluding hydrogens is 1350 g/mol. The van der Waals surface area contributed by atoms with Crippen LogP contribution in [0.25, 0.3) is 21.5 Å². The minimum Gasteiger partial charge on any atom is -0.490 e. The van der Waals surface area contributed by atoms with Crippen LogP contribution < -0.4 is 47.3 Å². The first kappa shape index (κ1) is 79.0. The first-order chi connectivity index (χ1) is 50.0. The predicted molar refractivity (Wildman–Crippen MR) is 391 cm³/mol. The van der Waals surface area contributed by atoms with Gasteiger partial charge in [0.25, 0.3) is 0 Å². The number of carbonyl (C=O) groups excluding carboxylic acids is 8. The molecule has 28 nitrogen and oxygen atoms in total. The number of nitrogens with one attached hydrogen (secondary N) is 8. The number of benzene rings is 5. The third kappa shape index (κ3) is 20.8. The summed E-state index contributed by atoms with van der Waals surface area (Å²) in [5.74, 6) is -7.59. The number of fused-ring (bicyclic) bond motifs is 23. The average Bonchev–Trinajstić information content (AvgIpc) is 1.68. The molecule has 4 aliphatic heterocycles. The Morgan fingerprint density at radius 3 is 1.50 bits per heavy atom. The van der Waals surface area contributed by atoms with Crippen molar-refractivity contribution in [2.24, 2.45) is 10.8 Å². The zero-order valence-electron chi connectivity index (χ0n) is 61.2. The van der Waals surface area contributed by atoms with E-state index in [-0.39, 0.29) is 90.1 Å². The standard InChI is InChI=1S/C77H99N13O15/c1-45(78-9)66(91)84-64(76(3,4)5)72(97)89-34-31-60-62(89)70(95)81-57(41-48-23-27-50-18-11-13-20-52(50)38-48)68(93)80-56(74(99)100)22-17-33-88-43-54(86-87-88)44-105-61-32-35-90(73(98)65(77(6,7)8)85-67(92)46(2)79-10)63(61)71(96)82-58(42-49-24-28-51-19-12-14-21-53(51)39-49)69(94)83-59(75(101)102)40-47-25-29-55(30-26-47)103-36-15-16-37-104-60/h11-16,18-21,23-30,38-39,43,45-46,56-65,78-79H,17,22,31-37,40-42,44H2,1-10H3,(H,80,93)(H,81,95)(H,82,96)(H,83,94)(H,84,91)(H,85,92)(H,99,100)(H,101,102)/t45-,46-,56-,57-,58-,59-,60-,61?,62?,63-,64+,65+/m0/s1. The number of nitrogens with zero attached hydrogens (tertiary/aromatic N) is 5. The summed E-state index contributed by atoms with van der Waals surface area (Å²) in [4.78, 5) is 146. The van der Waals surface area contributed by atoms with Crippen molar-refractivity contribution in [3.05, 3.63) is 150 Å². The maximum absolute atomic E-state index is 15.4. The molecule has 1 aromatic heterocycles. The van der Waals surface area contributed by atoms with E-state index < -0.39 is 143 Å². The van der Waals surface area contributed by atoms with E-state index in [1.54, 1.807) is 118 Å². The first-order valence-corrected chi connectivity index (χ1v) is 35.7. The van der Waals surface area contributed by atoms with Gasteiger partial charge in [0.1, 0.15) is 66.4 Å². The molecule has 10 N–H and O–H groups in total. The molecule has 0 spiro atoms. The van der Waals surface area contributed by atoms with Gasteiger partial charge in [-0.05, 0) is 121 Å². The Hall–Kier alpha value is -10.2. The summed E-state index contributed by atoms with van der Waals surface area (Å²) in [6.07, 6.45) is 2.83. The summed E-state index contributed by atoms with van der Waals surface area (Å²) in [6, 6.07) is 20.7. The first-order valence-electron chi connectivity index (χ1n) is 35.7. The second kappa shape index (κ2) is 35.5. The average molecular weight is 1450 g/mol. The summed E-state index contributed by atoms with van der Waals surface area (Å²) in [6.45, 7) is 13.8. The molecule has 2 fully saturated rings. The van der Waals surface area contributed by atoms with Gasteiger partial charge in [0.15, 0.2) is 0 Å². The molecule has 2 saturated heterocycles. The number of hydrogen-bond donors (Lipinski definition) is 10. The van der Waals surface area contributed by atoms with E-state index in [1.165, 1.54) is 14.5 Å². The third-order valence-corrected chi connectivity index (χ3v) is 19.4. The molecule has 562 valence electrons. The SMILES string of the molecule is CN[C@@H](C)C(=O)N[C@H](C(=O)N1CC[C@@H]2OCC=CCOc3ccc(cc3)C[C@@H](C(=O)O)NC(=O)[C@H](Cc3ccc4ccccc4c3)NC(=O)[C@@H]3C(CCN3C(=O)[C@@H](NC(=O)[C@H](C)NC)C(C)(C)C)OCc3cn(nn3)CCC[C@@H](C(=O)O)NC(=O)[C@H](Cc3ccc4ccccc4c3)NC(=O)C21)C(C)(C)C. The molecule has 4 bridgehead atoms. The summed E-state index contributed by atoms with van der Waals surface area (Å²) >= 11 is 0. The Morgan fingerprint density at radius 2 is 1.03 bits per heavy atom. The van der Waals surface area contributed by atoms with Gasteiger partial charge in [0.05, 0.1) is 43.7 Å². The molecule has 105 heavy (non-hydrogen) atoms. The van der Waals surface area contributed by atoms with Crippen molar-refractivity contribution in [1.82, 2.24) is 67.3 Å². The fraction of sp³-hybridized carbons (Fsp3) is 0.481. The number of carboxylic acids is 2. The van der Waals surface area contributed by atoms with Crippen LogP contribution in [0.1, 0.15) is 103 Å². The topological polar surface area (TPSA) is 372 Å². The lowest BCUT2D eigenvalue weighted by Gasteiger charge is -2.37. The van der Waals surface area contributed by atoms with Crippen LogP contribution in [0.3, 0.4) is 0 Å². The largest absolute Gasteiger partial charge is 0.490 e. The Bertz CT molecular complexity index is 4130. The van der Waals surface area contributed by atoms with Crippen LogP contribution in [0.15, 0.2) is 128 Å². The molecule has 10 rings (SSSR count). The molecule has 2 unspecified atom stereocenters. The Balaban J connectivity index is 1.04. The van der Waals surface area contributed by atoms with Crippen molar-refractivity contribution in [2.45, 2.75) is 186 Å². The highest BCUT2D eigenvalue weighted by Crippen LogP contribution is 2.31. The minimum absolute atomic E-state index is 0.0218. The van der Waals surface area contributed by atoms with Crippen LogP contribution in [0.2, 0.25) is 0 Å². The van der Waals surface area contributed by atoms with Crippen LogP contribution >= 0.6 is 0 Å². The van der Waals surface area contributed by atoms with E-state index in [9.17, 15) is 43.8 Å². The Kier molecular flexibility index (Phi) is 26.7. The zero-order valence-corrected chi connectivity index (χ0v) is 61.2. The number of carbonyl (C=O) groups is 10. The normalized spacial score (nSPS) is 22.8. The molecule has 28 heteroatoms. The number of aryl methyl sites for hydroxylation is 1. The van der Waals surface area contributed by atoms with E-state index in [0.29, 0.717) is 22.4 Å².